The first-order chi connectivity index (χ1) is 12.2. The molecule has 4 radical (unpaired) electrons. The monoisotopic (exact) mass is 360 g/mol. The van der Waals surface area contributed by atoms with Crippen molar-refractivity contribution in [2.45, 2.75) is 70.4 Å². The fourth-order valence-electron chi connectivity index (χ4n) is 3.68. The zero-order valence-electron chi connectivity index (χ0n) is 15.7. The Kier molecular flexibility index (Phi) is 7.26. The number of nitrogens with zero attached hydrogens (tertiary/aromatic N) is 3. The quantitative estimate of drug-likeness (QED) is 0.338. The second kappa shape index (κ2) is 9.02. The van der Waals surface area contributed by atoms with Crippen LogP contribution in [0.5, 0.6) is 0 Å². The maximum Gasteiger partial charge on any atom is 0.407 e. The van der Waals surface area contributed by atoms with Gasteiger partial charge in [-0.15, -0.1) is 0 Å². The van der Waals surface area contributed by atoms with Gasteiger partial charge in [0.15, 0.2) is 0 Å². The van der Waals surface area contributed by atoms with Gasteiger partial charge < -0.3 is 19.5 Å². The van der Waals surface area contributed by atoms with Gasteiger partial charge in [0.05, 0.1) is 24.3 Å². The van der Waals surface area contributed by atoms with E-state index in [1.165, 1.54) is 0 Å². The summed E-state index contributed by atoms with van der Waals surface area (Å²) in [7, 11) is 11.7. The summed E-state index contributed by atoms with van der Waals surface area (Å²) in [4.78, 5) is 15.1. The first-order valence-corrected chi connectivity index (χ1v) is 9.04. The van der Waals surface area contributed by atoms with Crippen LogP contribution in [-0.2, 0) is 14.2 Å². The van der Waals surface area contributed by atoms with Crippen LogP contribution in [0.25, 0.3) is 10.4 Å². The normalized spacial score (nSPS) is 36.9. The summed E-state index contributed by atoms with van der Waals surface area (Å²) in [6.07, 6.45) is -0.477. The molecule has 1 amide bonds. The van der Waals surface area contributed by atoms with Crippen molar-refractivity contribution in [3.8, 4) is 0 Å². The zero-order valence-corrected chi connectivity index (χ0v) is 15.7. The Labute approximate surface area is 157 Å². The second-order valence-corrected chi connectivity index (χ2v) is 7.63. The highest BCUT2D eigenvalue weighted by Crippen LogP contribution is 2.31. The van der Waals surface area contributed by atoms with Gasteiger partial charge in [0, 0.05) is 16.9 Å². The molecule has 26 heavy (non-hydrogen) atoms. The Morgan fingerprint density at radius 2 is 2.00 bits per heavy atom. The molecule has 0 saturated carbocycles. The summed E-state index contributed by atoms with van der Waals surface area (Å²) in [6, 6.07) is -2.36. The summed E-state index contributed by atoms with van der Waals surface area (Å²) < 4.78 is 16.6. The van der Waals surface area contributed by atoms with Crippen molar-refractivity contribution in [3.05, 3.63) is 10.4 Å². The predicted molar refractivity (Wildman–Crippen MR) is 97.8 cm³/mol. The number of nitrogens with one attached hydrogen (secondary N) is 1. The van der Waals surface area contributed by atoms with E-state index in [0.717, 1.165) is 6.42 Å². The Morgan fingerprint density at radius 3 is 2.58 bits per heavy atom. The minimum Gasteiger partial charge on any atom is -0.447 e. The summed E-state index contributed by atoms with van der Waals surface area (Å²) in [6.45, 7) is 8.18. The molecule has 2 aliphatic rings. The Morgan fingerprint density at radius 1 is 1.31 bits per heavy atom. The Balaban J connectivity index is 1.95. The van der Waals surface area contributed by atoms with Crippen LogP contribution in [0.4, 0.5) is 4.79 Å². The minimum absolute atomic E-state index is 0.0757. The lowest BCUT2D eigenvalue weighted by atomic mass is 9.84. The fraction of sp³-hybridized carbons (Fsp3) is 0.938. The van der Waals surface area contributed by atoms with Gasteiger partial charge >= 0.3 is 6.09 Å². The number of amides is 1. The average molecular weight is 360 g/mol. The molecule has 2 fully saturated rings. The lowest BCUT2D eigenvalue weighted by Crippen LogP contribution is -2.49. The highest BCUT2D eigenvalue weighted by atomic mass is 16.6. The van der Waals surface area contributed by atoms with E-state index in [2.05, 4.69) is 29.2 Å². The molecule has 2 saturated heterocycles. The molecule has 0 aliphatic carbocycles. The van der Waals surface area contributed by atoms with Gasteiger partial charge in [-0.3, -0.25) is 0 Å². The van der Waals surface area contributed by atoms with Gasteiger partial charge in [0.1, 0.15) is 22.3 Å². The van der Waals surface area contributed by atoms with Crippen LogP contribution in [0.2, 0.25) is 0 Å². The molecule has 1 N–H and O–H groups in total. The number of rotatable bonds is 6. The molecule has 140 valence electrons. The summed E-state index contributed by atoms with van der Waals surface area (Å²) in [5.41, 5.74) is 8.75. The third-order valence-electron chi connectivity index (χ3n) is 5.07. The smallest absolute Gasteiger partial charge is 0.407 e. The van der Waals surface area contributed by atoms with Crippen molar-refractivity contribution in [1.29, 1.82) is 0 Å². The summed E-state index contributed by atoms with van der Waals surface area (Å²) in [5.74, 6) is 0.688. The SMILES string of the molecule is [B]C1CC(C(C)C)C(COC(=O)NC2C(N=[N+]=[N-])C([B])OC2C(C)C)O1. The van der Waals surface area contributed by atoms with E-state index >= 15 is 0 Å². The summed E-state index contributed by atoms with van der Waals surface area (Å²) in [5, 5.41) is 6.41. The molecule has 8 nitrogen and oxygen atoms in total. The van der Waals surface area contributed by atoms with Gasteiger partial charge in [-0.25, -0.2) is 4.79 Å². The third-order valence-corrected chi connectivity index (χ3v) is 5.07. The van der Waals surface area contributed by atoms with Crippen LogP contribution in [-0.4, -0.2) is 64.7 Å². The molecule has 7 atom stereocenters. The average Bonchev–Trinajstić information content (AvgIpc) is 3.08. The standard InChI is InChI=1S/C16H26B2N4O4/c1-7(2)9-5-11(17)25-10(9)6-24-16(23)20-12-13(21-22-19)15(18)26-14(12)8(3)4/h7-15H,5-6H2,1-4H3,(H,20,23). The van der Waals surface area contributed by atoms with Crippen LogP contribution < -0.4 is 5.32 Å². The van der Waals surface area contributed by atoms with E-state index in [4.69, 9.17) is 35.4 Å². The van der Waals surface area contributed by atoms with Gasteiger partial charge in [-0.05, 0) is 29.7 Å². The molecular formula is C16H26B2N4O4. The molecule has 2 aliphatic heterocycles. The molecule has 0 aromatic rings. The predicted octanol–water partition coefficient (Wildman–Crippen LogP) is 1.87. The summed E-state index contributed by atoms with van der Waals surface area (Å²) >= 11 is 0. The molecule has 0 bridgehead atoms. The number of hydrogen-bond acceptors (Lipinski definition) is 5. The number of alkyl carbamates (subject to hydrolysis) is 1. The third kappa shape index (κ3) is 4.87. The molecule has 7 unspecified atom stereocenters. The number of azide groups is 1. The van der Waals surface area contributed by atoms with Crippen molar-refractivity contribution in [2.24, 2.45) is 22.9 Å². The maximum atomic E-state index is 12.3. The van der Waals surface area contributed by atoms with Crippen molar-refractivity contribution in [2.75, 3.05) is 6.61 Å². The number of hydrogen-bond donors (Lipinski definition) is 1. The zero-order chi connectivity index (χ0) is 19.4. The molecule has 10 heteroatoms. The fourth-order valence-corrected chi connectivity index (χ4v) is 3.68. The Bertz CT molecular complexity index is 544. The maximum absolute atomic E-state index is 12.3. The van der Waals surface area contributed by atoms with Gasteiger partial charge in [0.2, 0.25) is 0 Å². The van der Waals surface area contributed by atoms with Crippen molar-refractivity contribution >= 4 is 21.8 Å². The number of carbonyl (C=O) groups excluding carboxylic acids is 1. The van der Waals surface area contributed by atoms with Crippen LogP contribution in [0.15, 0.2) is 5.11 Å². The van der Waals surface area contributed by atoms with Crippen molar-refractivity contribution < 1.29 is 19.0 Å². The van der Waals surface area contributed by atoms with Gasteiger partial charge in [-0.2, -0.15) is 0 Å². The lowest BCUT2D eigenvalue weighted by Gasteiger charge is -2.26. The number of ether oxygens (including phenoxy) is 3. The van der Waals surface area contributed by atoms with E-state index in [-0.39, 0.29) is 36.7 Å². The first-order valence-electron chi connectivity index (χ1n) is 9.04. The van der Waals surface area contributed by atoms with E-state index in [9.17, 15) is 4.79 Å². The van der Waals surface area contributed by atoms with E-state index in [0.29, 0.717) is 5.92 Å². The largest absolute Gasteiger partial charge is 0.447 e. The van der Waals surface area contributed by atoms with Crippen molar-refractivity contribution in [3.63, 3.8) is 0 Å². The second-order valence-electron chi connectivity index (χ2n) is 7.63. The highest BCUT2D eigenvalue weighted by Gasteiger charge is 2.44. The molecular weight excluding hydrogens is 334 g/mol. The minimum atomic E-state index is -0.773. The van der Waals surface area contributed by atoms with Gasteiger partial charge in [-0.1, -0.05) is 32.8 Å². The van der Waals surface area contributed by atoms with Gasteiger partial charge in [0.25, 0.3) is 0 Å². The van der Waals surface area contributed by atoms with E-state index in [1.807, 2.05) is 13.8 Å². The van der Waals surface area contributed by atoms with Crippen molar-refractivity contribution in [1.82, 2.24) is 5.32 Å². The van der Waals surface area contributed by atoms with Crippen LogP contribution in [0.1, 0.15) is 34.1 Å². The molecule has 0 spiro atoms. The molecule has 2 rings (SSSR count). The van der Waals surface area contributed by atoms with Crippen LogP contribution in [0, 0.1) is 17.8 Å². The highest BCUT2D eigenvalue weighted by molar-refractivity contribution is 6.12. The Hall–Kier alpha value is -1.37. The van der Waals surface area contributed by atoms with Crippen LogP contribution in [0.3, 0.4) is 0 Å². The van der Waals surface area contributed by atoms with Crippen LogP contribution >= 0.6 is 0 Å². The molecule has 0 aromatic heterocycles. The van der Waals surface area contributed by atoms with E-state index < -0.39 is 24.2 Å². The topological polar surface area (TPSA) is 106 Å². The molecule has 0 aromatic carbocycles. The molecule has 2 heterocycles. The lowest BCUT2D eigenvalue weighted by molar-refractivity contribution is 0.00670. The first kappa shape index (κ1) is 20.9. The van der Waals surface area contributed by atoms with E-state index in [1.54, 1.807) is 0 Å². The number of carbonyl (C=O) groups is 1.